The van der Waals surface area contributed by atoms with Gasteiger partial charge in [0.05, 0.1) is 24.0 Å². The molecule has 0 saturated carbocycles. The first-order chi connectivity index (χ1) is 10.2. The number of hydrogen-bond donors (Lipinski definition) is 0. The van der Waals surface area contributed by atoms with Crippen LogP contribution >= 0.6 is 27.5 Å². The van der Waals surface area contributed by atoms with Crippen LogP contribution in [0.1, 0.15) is 11.4 Å². The second-order valence-electron chi connectivity index (χ2n) is 4.59. The van der Waals surface area contributed by atoms with Gasteiger partial charge in [-0.05, 0) is 29.8 Å². The van der Waals surface area contributed by atoms with Gasteiger partial charge in [-0.25, -0.2) is 9.97 Å². The van der Waals surface area contributed by atoms with Gasteiger partial charge in [0.25, 0.3) is 0 Å². The van der Waals surface area contributed by atoms with Crippen LogP contribution in [0.25, 0.3) is 11.0 Å². The molecule has 2 aromatic heterocycles. The highest BCUT2D eigenvalue weighted by atomic mass is 79.9. The quantitative estimate of drug-likeness (QED) is 0.656. The van der Waals surface area contributed by atoms with Gasteiger partial charge in [0.15, 0.2) is 0 Å². The highest BCUT2D eigenvalue weighted by molar-refractivity contribution is 9.10. The van der Waals surface area contributed by atoms with Crippen LogP contribution in [0.2, 0.25) is 0 Å². The molecule has 0 amide bonds. The third-order valence-corrected chi connectivity index (χ3v) is 3.99. The lowest BCUT2D eigenvalue weighted by Gasteiger charge is -2.09. The van der Waals surface area contributed by atoms with Gasteiger partial charge in [-0.1, -0.05) is 15.9 Å². The molecule has 0 aliphatic carbocycles. The molecule has 0 aliphatic heterocycles. The molecule has 0 N–H and O–H groups in total. The van der Waals surface area contributed by atoms with E-state index in [9.17, 15) is 0 Å². The Hall–Kier alpha value is -1.59. The second kappa shape index (κ2) is 6.03. The van der Waals surface area contributed by atoms with Gasteiger partial charge >= 0.3 is 0 Å². The summed E-state index contributed by atoms with van der Waals surface area (Å²) in [6.07, 6.45) is 1.74. The number of benzene rings is 1. The van der Waals surface area contributed by atoms with Crippen molar-refractivity contribution in [2.75, 3.05) is 7.11 Å². The van der Waals surface area contributed by atoms with Crippen molar-refractivity contribution in [3.63, 3.8) is 0 Å². The number of ether oxygens (including phenoxy) is 1. The van der Waals surface area contributed by atoms with Crippen LogP contribution < -0.4 is 4.74 Å². The Kier molecular flexibility index (Phi) is 4.12. The van der Waals surface area contributed by atoms with Crippen LogP contribution in [0.5, 0.6) is 5.88 Å². The average molecular weight is 367 g/mol. The zero-order valence-corrected chi connectivity index (χ0v) is 13.7. The Bertz CT molecular complexity index is 788. The number of imidazole rings is 1. The standard InChI is InChI=1S/C15H13BrClN3O/c1-21-15-6-10(4-5-18-15)9-20-13-3-2-11(16)7-12(13)19-14(20)8-17/h2-7H,8-9H2,1H3. The van der Waals surface area contributed by atoms with Crippen molar-refractivity contribution in [1.29, 1.82) is 0 Å². The van der Waals surface area contributed by atoms with Crippen molar-refractivity contribution in [3.05, 3.63) is 52.4 Å². The lowest BCUT2D eigenvalue weighted by molar-refractivity contribution is 0.397. The van der Waals surface area contributed by atoms with E-state index in [1.165, 1.54) is 0 Å². The minimum absolute atomic E-state index is 0.370. The number of alkyl halides is 1. The van der Waals surface area contributed by atoms with Crippen molar-refractivity contribution in [1.82, 2.24) is 14.5 Å². The van der Waals surface area contributed by atoms with Gasteiger partial charge in [-0.2, -0.15) is 0 Å². The molecule has 2 heterocycles. The number of rotatable bonds is 4. The molecule has 0 fully saturated rings. The van der Waals surface area contributed by atoms with Crippen molar-refractivity contribution >= 4 is 38.6 Å². The largest absolute Gasteiger partial charge is 0.481 e. The number of hydrogen-bond acceptors (Lipinski definition) is 3. The summed E-state index contributed by atoms with van der Waals surface area (Å²) in [4.78, 5) is 8.71. The van der Waals surface area contributed by atoms with Crippen LogP contribution in [0.4, 0.5) is 0 Å². The Balaban J connectivity index is 2.06. The summed E-state index contributed by atoms with van der Waals surface area (Å²) in [5, 5.41) is 0. The van der Waals surface area contributed by atoms with Gasteiger partial charge < -0.3 is 9.30 Å². The zero-order chi connectivity index (χ0) is 14.8. The van der Waals surface area contributed by atoms with Crippen molar-refractivity contribution in [3.8, 4) is 5.88 Å². The highest BCUT2D eigenvalue weighted by Gasteiger charge is 2.11. The first kappa shape index (κ1) is 14.4. The first-order valence-electron chi connectivity index (χ1n) is 6.41. The molecule has 0 bridgehead atoms. The Morgan fingerprint density at radius 3 is 2.90 bits per heavy atom. The molecule has 0 aliphatic rings. The fourth-order valence-corrected chi connectivity index (χ4v) is 2.83. The summed E-state index contributed by atoms with van der Waals surface area (Å²) in [7, 11) is 1.61. The summed E-state index contributed by atoms with van der Waals surface area (Å²) in [6, 6.07) is 9.93. The van der Waals surface area contributed by atoms with Crippen LogP contribution in [0.15, 0.2) is 41.0 Å². The van der Waals surface area contributed by atoms with E-state index in [0.29, 0.717) is 18.3 Å². The maximum Gasteiger partial charge on any atom is 0.213 e. The fourth-order valence-electron chi connectivity index (χ4n) is 2.27. The van der Waals surface area contributed by atoms with Crippen molar-refractivity contribution in [2.45, 2.75) is 12.4 Å². The molecule has 3 aromatic rings. The summed E-state index contributed by atoms with van der Waals surface area (Å²) < 4.78 is 8.29. The van der Waals surface area contributed by atoms with Gasteiger partial charge in [0.2, 0.25) is 5.88 Å². The van der Waals surface area contributed by atoms with E-state index in [2.05, 4.69) is 30.5 Å². The van der Waals surface area contributed by atoms with Crippen molar-refractivity contribution < 1.29 is 4.74 Å². The topological polar surface area (TPSA) is 39.9 Å². The van der Waals surface area contributed by atoms with E-state index < -0.39 is 0 Å². The number of nitrogens with zero attached hydrogens (tertiary/aromatic N) is 3. The molecule has 0 radical (unpaired) electrons. The molecule has 4 nitrogen and oxygen atoms in total. The maximum absolute atomic E-state index is 6.04. The third kappa shape index (κ3) is 2.89. The molecule has 1 aromatic carbocycles. The molecular formula is C15H13BrClN3O. The molecule has 21 heavy (non-hydrogen) atoms. The summed E-state index contributed by atoms with van der Waals surface area (Å²) in [6.45, 7) is 0.680. The molecule has 6 heteroatoms. The Morgan fingerprint density at radius 1 is 1.29 bits per heavy atom. The predicted octanol–water partition coefficient (Wildman–Crippen LogP) is 3.99. The van der Waals surface area contributed by atoms with E-state index in [1.54, 1.807) is 13.3 Å². The predicted molar refractivity (Wildman–Crippen MR) is 86.9 cm³/mol. The summed E-state index contributed by atoms with van der Waals surface area (Å²) in [5.74, 6) is 1.82. The van der Waals surface area contributed by atoms with E-state index >= 15 is 0 Å². The van der Waals surface area contributed by atoms with Crippen LogP contribution in [0, 0.1) is 0 Å². The van der Waals surface area contributed by atoms with E-state index in [0.717, 1.165) is 26.9 Å². The maximum atomic E-state index is 6.04. The van der Waals surface area contributed by atoms with E-state index in [4.69, 9.17) is 16.3 Å². The summed E-state index contributed by atoms with van der Waals surface area (Å²) >= 11 is 9.50. The van der Waals surface area contributed by atoms with Crippen LogP contribution in [-0.4, -0.2) is 21.6 Å². The number of fused-ring (bicyclic) bond motifs is 1. The van der Waals surface area contributed by atoms with Gasteiger partial charge in [-0.15, -0.1) is 11.6 Å². The van der Waals surface area contributed by atoms with Gasteiger partial charge in [0, 0.05) is 23.3 Å². The lowest BCUT2D eigenvalue weighted by atomic mass is 10.2. The minimum Gasteiger partial charge on any atom is -0.481 e. The fraction of sp³-hybridized carbons (Fsp3) is 0.200. The third-order valence-electron chi connectivity index (χ3n) is 3.26. The zero-order valence-electron chi connectivity index (χ0n) is 11.4. The second-order valence-corrected chi connectivity index (χ2v) is 5.77. The molecule has 0 unspecified atom stereocenters. The number of aromatic nitrogens is 3. The summed E-state index contributed by atoms with van der Waals surface area (Å²) in [5.41, 5.74) is 3.08. The van der Waals surface area contributed by atoms with Crippen LogP contribution in [0.3, 0.4) is 0 Å². The highest BCUT2D eigenvalue weighted by Crippen LogP contribution is 2.23. The lowest BCUT2D eigenvalue weighted by Crippen LogP contribution is -2.04. The SMILES string of the molecule is COc1cc(Cn2c(CCl)nc3cc(Br)ccc32)ccn1. The van der Waals surface area contributed by atoms with Crippen molar-refractivity contribution in [2.24, 2.45) is 0 Å². The number of halogens is 2. The molecule has 3 rings (SSSR count). The van der Waals surface area contributed by atoms with E-state index in [-0.39, 0.29) is 0 Å². The smallest absolute Gasteiger partial charge is 0.213 e. The minimum atomic E-state index is 0.370. The molecule has 0 atom stereocenters. The Labute approximate surface area is 135 Å². The van der Waals surface area contributed by atoms with E-state index in [1.807, 2.05) is 30.3 Å². The Morgan fingerprint density at radius 2 is 2.14 bits per heavy atom. The monoisotopic (exact) mass is 365 g/mol. The average Bonchev–Trinajstić information content (AvgIpc) is 2.84. The number of methoxy groups -OCH3 is 1. The van der Waals surface area contributed by atoms with Gasteiger partial charge in [-0.3, -0.25) is 0 Å². The van der Waals surface area contributed by atoms with Gasteiger partial charge in [0.1, 0.15) is 5.82 Å². The number of pyridine rings is 1. The molecule has 0 spiro atoms. The molecule has 0 saturated heterocycles. The first-order valence-corrected chi connectivity index (χ1v) is 7.73. The normalized spacial score (nSPS) is 11.0. The van der Waals surface area contributed by atoms with Crippen LogP contribution in [-0.2, 0) is 12.4 Å². The molecule has 108 valence electrons. The molecular weight excluding hydrogens is 354 g/mol.